The van der Waals surface area contributed by atoms with E-state index < -0.39 is 5.82 Å². The van der Waals surface area contributed by atoms with Crippen molar-refractivity contribution in [3.8, 4) is 5.69 Å². The third-order valence-electron chi connectivity index (χ3n) is 5.24. The van der Waals surface area contributed by atoms with Gasteiger partial charge in [0.25, 0.3) is 5.56 Å². The Balaban J connectivity index is 1.62. The minimum absolute atomic E-state index is 0.00927. The van der Waals surface area contributed by atoms with Crippen LogP contribution in [0.25, 0.3) is 16.6 Å². The number of carbonyl (C=O) groups is 1. The predicted molar refractivity (Wildman–Crippen MR) is 126 cm³/mol. The van der Waals surface area contributed by atoms with E-state index in [4.69, 9.17) is 0 Å². The molecule has 1 N–H and O–H groups in total. The van der Waals surface area contributed by atoms with Crippen molar-refractivity contribution in [2.75, 3.05) is 5.75 Å². The molecule has 1 heterocycles. The fraction of sp³-hybridized carbons (Fsp3) is 0.160. The van der Waals surface area contributed by atoms with Gasteiger partial charge in [-0.2, -0.15) is 0 Å². The lowest BCUT2D eigenvalue weighted by Gasteiger charge is -2.16. The average molecular weight is 466 g/mol. The van der Waals surface area contributed by atoms with Gasteiger partial charge >= 0.3 is 0 Å². The standard InChI is InChI=1S/C25H21F2N3O2S/c1-15-7-12-19(13-21(15)27)30-24(32)20-5-3-4-6-22(20)29-25(30)33-14-23(31)28-16(2)17-8-10-18(26)11-9-17/h3-13,16H,14H2,1-2H3,(H,28,31). The Kier molecular flexibility index (Phi) is 6.55. The van der Waals surface area contributed by atoms with Crippen LogP contribution in [-0.4, -0.2) is 21.2 Å². The SMILES string of the molecule is Cc1ccc(-n2c(SCC(=O)NC(C)c3ccc(F)cc3)nc3ccccc3c2=O)cc1F. The first kappa shape index (κ1) is 22.7. The largest absolute Gasteiger partial charge is 0.349 e. The third-order valence-corrected chi connectivity index (χ3v) is 6.18. The van der Waals surface area contributed by atoms with Gasteiger partial charge in [0.2, 0.25) is 5.91 Å². The molecule has 0 spiro atoms. The molecule has 0 bridgehead atoms. The molecule has 0 aliphatic carbocycles. The maximum absolute atomic E-state index is 14.3. The Labute approximate surface area is 193 Å². The van der Waals surface area contributed by atoms with Gasteiger partial charge in [-0.15, -0.1) is 0 Å². The van der Waals surface area contributed by atoms with Crippen LogP contribution in [0.3, 0.4) is 0 Å². The molecule has 0 radical (unpaired) electrons. The highest BCUT2D eigenvalue weighted by atomic mass is 32.2. The van der Waals surface area contributed by atoms with Gasteiger partial charge in [-0.05, 0) is 61.4 Å². The summed E-state index contributed by atoms with van der Waals surface area (Å²) in [5.41, 5.74) is 1.72. The van der Waals surface area contributed by atoms with Crippen molar-refractivity contribution in [3.05, 3.63) is 99.8 Å². The summed E-state index contributed by atoms with van der Waals surface area (Å²) in [6.45, 7) is 3.44. The molecule has 1 amide bonds. The van der Waals surface area contributed by atoms with Gasteiger partial charge in [-0.25, -0.2) is 13.8 Å². The first-order valence-corrected chi connectivity index (χ1v) is 11.3. The number of para-hydroxylation sites is 1. The van der Waals surface area contributed by atoms with Gasteiger partial charge in [-0.1, -0.05) is 42.1 Å². The van der Waals surface area contributed by atoms with Crippen molar-refractivity contribution >= 4 is 28.6 Å². The summed E-state index contributed by atoms with van der Waals surface area (Å²) in [7, 11) is 0. The number of hydrogen-bond acceptors (Lipinski definition) is 4. The maximum Gasteiger partial charge on any atom is 0.266 e. The van der Waals surface area contributed by atoms with Gasteiger partial charge in [0.15, 0.2) is 5.16 Å². The number of rotatable bonds is 6. The monoisotopic (exact) mass is 465 g/mol. The van der Waals surface area contributed by atoms with Crippen molar-refractivity contribution in [1.82, 2.24) is 14.9 Å². The molecule has 33 heavy (non-hydrogen) atoms. The van der Waals surface area contributed by atoms with E-state index in [-0.39, 0.29) is 34.2 Å². The van der Waals surface area contributed by atoms with Crippen LogP contribution in [0.4, 0.5) is 8.78 Å². The highest BCUT2D eigenvalue weighted by molar-refractivity contribution is 7.99. The fourth-order valence-corrected chi connectivity index (χ4v) is 4.23. The minimum Gasteiger partial charge on any atom is -0.349 e. The lowest BCUT2D eigenvalue weighted by molar-refractivity contribution is -0.119. The molecule has 8 heteroatoms. The van der Waals surface area contributed by atoms with Crippen LogP contribution in [0.15, 0.2) is 76.7 Å². The van der Waals surface area contributed by atoms with Gasteiger partial charge in [0.05, 0.1) is 28.4 Å². The van der Waals surface area contributed by atoms with Crippen molar-refractivity contribution in [3.63, 3.8) is 0 Å². The van der Waals surface area contributed by atoms with E-state index in [1.165, 1.54) is 22.8 Å². The number of thioether (sulfide) groups is 1. The summed E-state index contributed by atoms with van der Waals surface area (Å²) in [6, 6.07) is 17.0. The Bertz CT molecular complexity index is 1390. The number of amides is 1. The molecule has 3 aromatic carbocycles. The zero-order chi connectivity index (χ0) is 23.5. The zero-order valence-corrected chi connectivity index (χ0v) is 18.8. The van der Waals surface area contributed by atoms with E-state index in [2.05, 4.69) is 10.3 Å². The van der Waals surface area contributed by atoms with Crippen molar-refractivity contribution in [1.29, 1.82) is 0 Å². The smallest absolute Gasteiger partial charge is 0.266 e. The van der Waals surface area contributed by atoms with Gasteiger partial charge in [-0.3, -0.25) is 14.2 Å². The fourth-order valence-electron chi connectivity index (χ4n) is 3.41. The first-order valence-electron chi connectivity index (χ1n) is 10.3. The maximum atomic E-state index is 14.3. The summed E-state index contributed by atoms with van der Waals surface area (Å²) in [5, 5.41) is 3.54. The molecule has 1 atom stereocenters. The van der Waals surface area contributed by atoms with Crippen LogP contribution in [0.2, 0.25) is 0 Å². The summed E-state index contributed by atoms with van der Waals surface area (Å²) >= 11 is 1.09. The van der Waals surface area contributed by atoms with Crippen LogP contribution in [0, 0.1) is 18.6 Å². The summed E-state index contributed by atoms with van der Waals surface area (Å²) < 4.78 is 28.7. The lowest BCUT2D eigenvalue weighted by atomic mass is 10.1. The van der Waals surface area contributed by atoms with E-state index in [1.807, 2.05) is 0 Å². The minimum atomic E-state index is -0.436. The van der Waals surface area contributed by atoms with Gasteiger partial charge in [0, 0.05) is 0 Å². The van der Waals surface area contributed by atoms with E-state index >= 15 is 0 Å². The molecule has 0 aliphatic heterocycles. The van der Waals surface area contributed by atoms with Gasteiger partial charge in [0.1, 0.15) is 11.6 Å². The molecule has 0 saturated carbocycles. The number of benzene rings is 3. The van der Waals surface area contributed by atoms with E-state index in [1.54, 1.807) is 62.4 Å². The van der Waals surface area contributed by atoms with Crippen LogP contribution in [0.1, 0.15) is 24.1 Å². The van der Waals surface area contributed by atoms with E-state index in [0.29, 0.717) is 22.2 Å². The summed E-state index contributed by atoms with van der Waals surface area (Å²) in [4.78, 5) is 30.4. The molecule has 4 aromatic rings. The van der Waals surface area contributed by atoms with Gasteiger partial charge < -0.3 is 5.32 Å². The van der Waals surface area contributed by atoms with Crippen LogP contribution < -0.4 is 10.9 Å². The Morgan fingerprint density at radius 2 is 1.82 bits per heavy atom. The summed E-state index contributed by atoms with van der Waals surface area (Å²) in [5.74, 6) is -1.07. The number of nitrogens with zero attached hydrogens (tertiary/aromatic N) is 2. The molecule has 1 aromatic heterocycles. The molecular weight excluding hydrogens is 444 g/mol. The van der Waals surface area contributed by atoms with Crippen molar-refractivity contribution < 1.29 is 13.6 Å². The predicted octanol–water partition coefficient (Wildman–Crippen LogP) is 4.94. The number of aromatic nitrogens is 2. The normalized spacial score (nSPS) is 12.0. The Hall–Kier alpha value is -3.52. The molecule has 5 nitrogen and oxygen atoms in total. The van der Waals surface area contributed by atoms with Crippen molar-refractivity contribution in [2.45, 2.75) is 25.0 Å². The molecule has 0 saturated heterocycles. The number of halogens is 2. The molecule has 1 unspecified atom stereocenters. The second-order valence-electron chi connectivity index (χ2n) is 7.62. The second-order valence-corrected chi connectivity index (χ2v) is 8.56. The number of fused-ring (bicyclic) bond motifs is 1. The third kappa shape index (κ3) is 4.96. The van der Waals surface area contributed by atoms with Crippen LogP contribution in [-0.2, 0) is 4.79 Å². The number of aryl methyl sites for hydroxylation is 1. The average Bonchev–Trinajstić information content (AvgIpc) is 2.80. The molecular formula is C25H21F2N3O2S. The van der Waals surface area contributed by atoms with E-state index in [9.17, 15) is 18.4 Å². The Morgan fingerprint density at radius 1 is 1.09 bits per heavy atom. The number of nitrogens with one attached hydrogen (secondary N) is 1. The lowest BCUT2D eigenvalue weighted by Crippen LogP contribution is -2.29. The topological polar surface area (TPSA) is 64.0 Å². The van der Waals surface area contributed by atoms with Crippen molar-refractivity contribution in [2.24, 2.45) is 0 Å². The number of carbonyl (C=O) groups excluding carboxylic acids is 1. The highest BCUT2D eigenvalue weighted by Crippen LogP contribution is 2.23. The molecule has 4 rings (SSSR count). The molecule has 0 aliphatic rings. The Morgan fingerprint density at radius 3 is 2.55 bits per heavy atom. The quantitative estimate of drug-likeness (QED) is 0.324. The molecule has 0 fully saturated rings. The molecule has 168 valence electrons. The zero-order valence-electron chi connectivity index (χ0n) is 18.0. The summed E-state index contributed by atoms with van der Waals surface area (Å²) in [6.07, 6.45) is 0. The highest BCUT2D eigenvalue weighted by Gasteiger charge is 2.17. The second kappa shape index (κ2) is 9.54. The van der Waals surface area contributed by atoms with Crippen LogP contribution in [0.5, 0.6) is 0 Å². The van der Waals surface area contributed by atoms with E-state index in [0.717, 1.165) is 17.3 Å². The van der Waals surface area contributed by atoms with Crippen LogP contribution >= 0.6 is 11.8 Å². The number of hydrogen-bond donors (Lipinski definition) is 1. The first-order chi connectivity index (χ1) is 15.8.